The van der Waals surface area contributed by atoms with Crippen molar-refractivity contribution in [3.8, 4) is 0 Å². The fourth-order valence-corrected chi connectivity index (χ4v) is 5.56. The minimum Gasteiger partial charge on any atom is -0.481 e. The number of hydrogen-bond donors (Lipinski definition) is 3. The molecule has 182 valence electrons. The van der Waals surface area contributed by atoms with E-state index < -0.39 is 53.6 Å². The molecule has 2 heterocycles. The first-order valence-corrected chi connectivity index (χ1v) is 11.3. The van der Waals surface area contributed by atoms with E-state index in [0.29, 0.717) is 11.1 Å². The van der Waals surface area contributed by atoms with Crippen LogP contribution >= 0.6 is 0 Å². The highest BCUT2D eigenvalue weighted by Gasteiger charge is 2.69. The van der Waals surface area contributed by atoms with E-state index in [0.717, 1.165) is 15.7 Å². The molecule has 0 aliphatic carbocycles. The Kier molecular flexibility index (Phi) is 5.44. The Bertz CT molecular complexity index is 1440. The number of nitrogens with one attached hydrogen (secondary N) is 1. The second-order valence-electron chi connectivity index (χ2n) is 9.16. The molecule has 4 unspecified atom stereocenters. The molecule has 2 fully saturated rings. The molecule has 0 aromatic heterocycles. The van der Waals surface area contributed by atoms with Crippen molar-refractivity contribution in [3.63, 3.8) is 0 Å². The van der Waals surface area contributed by atoms with Gasteiger partial charge in [0.1, 0.15) is 5.54 Å². The number of anilines is 1. The van der Waals surface area contributed by atoms with Gasteiger partial charge in [0.25, 0.3) is 0 Å². The van der Waals surface area contributed by atoms with Crippen molar-refractivity contribution in [2.45, 2.75) is 24.9 Å². The number of aliphatic carboxylic acids is 2. The Labute approximate surface area is 205 Å². The number of Topliss-reactive ketones (excluding diaryl/α,β-unsaturated/α-hetero) is 1. The van der Waals surface area contributed by atoms with Crippen LogP contribution in [0.1, 0.15) is 35.3 Å². The average molecular weight is 486 g/mol. The summed E-state index contributed by atoms with van der Waals surface area (Å²) in [5, 5.41) is 24.4. The van der Waals surface area contributed by atoms with Gasteiger partial charge in [-0.05, 0) is 47.5 Å². The second-order valence-corrected chi connectivity index (χ2v) is 9.16. The summed E-state index contributed by atoms with van der Waals surface area (Å²) in [5.74, 6) is -7.13. The van der Waals surface area contributed by atoms with Crippen LogP contribution in [-0.4, -0.2) is 45.3 Å². The lowest BCUT2D eigenvalue weighted by molar-refractivity contribution is -0.154. The van der Waals surface area contributed by atoms with Gasteiger partial charge in [0.05, 0.1) is 23.9 Å². The second kappa shape index (κ2) is 8.39. The van der Waals surface area contributed by atoms with E-state index in [-0.39, 0.29) is 11.5 Å². The number of carboxylic acids is 2. The zero-order valence-electron chi connectivity index (χ0n) is 19.2. The van der Waals surface area contributed by atoms with Crippen LogP contribution in [-0.2, 0) is 19.2 Å². The van der Waals surface area contributed by atoms with Crippen molar-refractivity contribution in [1.82, 2.24) is 5.32 Å². The standard InChI is InChI=1S/C27H22N2O7/c1-14(30)15-9-11-17(12-10-15)29-24(33)21-22(25(29)34)27(26(35)36,13-20(31)32)28-23(21)19-8-4-6-16-5-2-3-7-18(16)19/h2-12,21-23,28H,13H2,1H3,(H,31,32)(H,35,36). The van der Waals surface area contributed by atoms with Crippen LogP contribution in [0.25, 0.3) is 10.8 Å². The lowest BCUT2D eigenvalue weighted by atomic mass is 9.77. The molecule has 36 heavy (non-hydrogen) atoms. The molecule has 4 atom stereocenters. The number of carbonyl (C=O) groups is 5. The normalized spacial score (nSPS) is 25.2. The van der Waals surface area contributed by atoms with E-state index in [9.17, 15) is 34.2 Å². The lowest BCUT2D eigenvalue weighted by Crippen LogP contribution is -2.57. The van der Waals surface area contributed by atoms with Gasteiger partial charge in [-0.1, -0.05) is 42.5 Å². The smallest absolute Gasteiger partial charge is 0.325 e. The summed E-state index contributed by atoms with van der Waals surface area (Å²) < 4.78 is 0. The van der Waals surface area contributed by atoms with E-state index in [2.05, 4.69) is 5.32 Å². The molecule has 9 heteroatoms. The number of rotatable bonds is 6. The van der Waals surface area contributed by atoms with Gasteiger partial charge in [0.15, 0.2) is 5.78 Å². The topological polar surface area (TPSA) is 141 Å². The number of carbonyl (C=O) groups excluding carboxylic acids is 3. The van der Waals surface area contributed by atoms with Gasteiger partial charge in [0.2, 0.25) is 11.8 Å². The van der Waals surface area contributed by atoms with Crippen molar-refractivity contribution in [2.75, 3.05) is 4.90 Å². The Morgan fingerprint density at radius 2 is 1.58 bits per heavy atom. The number of carboxylic acid groups (broad SMARTS) is 2. The van der Waals surface area contributed by atoms with E-state index in [4.69, 9.17) is 0 Å². The summed E-state index contributed by atoms with van der Waals surface area (Å²) in [6.45, 7) is 1.39. The maximum Gasteiger partial charge on any atom is 0.325 e. The fraction of sp³-hybridized carbons (Fsp3) is 0.222. The summed E-state index contributed by atoms with van der Waals surface area (Å²) in [5.41, 5.74) is -1.01. The van der Waals surface area contributed by atoms with Gasteiger partial charge < -0.3 is 10.2 Å². The SMILES string of the molecule is CC(=O)c1ccc(N2C(=O)C3C(c4cccc5ccccc45)NC(CC(=O)O)(C(=O)O)C3C2=O)cc1. The Morgan fingerprint density at radius 1 is 0.917 bits per heavy atom. The monoisotopic (exact) mass is 486 g/mol. The molecular formula is C27H22N2O7. The molecule has 0 spiro atoms. The first-order valence-electron chi connectivity index (χ1n) is 11.3. The zero-order valence-corrected chi connectivity index (χ0v) is 19.2. The van der Waals surface area contributed by atoms with Crippen LogP contribution in [0.5, 0.6) is 0 Å². The van der Waals surface area contributed by atoms with E-state index in [1.54, 1.807) is 12.1 Å². The molecule has 0 radical (unpaired) electrons. The van der Waals surface area contributed by atoms with Gasteiger partial charge >= 0.3 is 11.9 Å². The summed E-state index contributed by atoms with van der Waals surface area (Å²) in [6.07, 6.45) is -0.888. The highest BCUT2D eigenvalue weighted by Crippen LogP contribution is 2.51. The number of amides is 2. The molecule has 3 aromatic carbocycles. The summed E-state index contributed by atoms with van der Waals surface area (Å²) in [6, 6.07) is 17.7. The van der Waals surface area contributed by atoms with Crippen LogP contribution in [0.4, 0.5) is 5.69 Å². The van der Waals surface area contributed by atoms with Crippen LogP contribution in [0.2, 0.25) is 0 Å². The number of hydrogen-bond acceptors (Lipinski definition) is 6. The summed E-state index contributed by atoms with van der Waals surface area (Å²) in [4.78, 5) is 64.5. The van der Waals surface area contributed by atoms with E-state index >= 15 is 0 Å². The Hall–Kier alpha value is -4.37. The van der Waals surface area contributed by atoms with Crippen molar-refractivity contribution in [2.24, 2.45) is 11.8 Å². The predicted octanol–water partition coefficient (Wildman–Crippen LogP) is 2.79. The van der Waals surface area contributed by atoms with Crippen LogP contribution in [0.15, 0.2) is 66.7 Å². The largest absolute Gasteiger partial charge is 0.481 e. The molecule has 2 amide bonds. The van der Waals surface area contributed by atoms with Crippen molar-refractivity contribution in [3.05, 3.63) is 77.9 Å². The first-order chi connectivity index (χ1) is 17.2. The fourth-order valence-electron chi connectivity index (χ4n) is 5.56. The molecule has 2 aliphatic heterocycles. The van der Waals surface area contributed by atoms with Gasteiger partial charge in [-0.25, -0.2) is 4.90 Å². The first kappa shape index (κ1) is 23.4. The molecule has 9 nitrogen and oxygen atoms in total. The minimum absolute atomic E-state index is 0.190. The Morgan fingerprint density at radius 3 is 2.22 bits per heavy atom. The molecule has 0 bridgehead atoms. The third-order valence-electron chi connectivity index (χ3n) is 7.16. The molecule has 5 rings (SSSR count). The highest BCUT2D eigenvalue weighted by molar-refractivity contribution is 6.24. The maximum absolute atomic E-state index is 13.8. The number of imide groups is 1. The highest BCUT2D eigenvalue weighted by atomic mass is 16.4. The summed E-state index contributed by atoms with van der Waals surface area (Å²) >= 11 is 0. The number of nitrogens with zero attached hydrogens (tertiary/aromatic N) is 1. The molecular weight excluding hydrogens is 464 g/mol. The number of fused-ring (bicyclic) bond motifs is 2. The lowest BCUT2D eigenvalue weighted by Gasteiger charge is -2.30. The van der Waals surface area contributed by atoms with E-state index in [1.165, 1.54) is 31.2 Å². The summed E-state index contributed by atoms with van der Waals surface area (Å²) in [7, 11) is 0. The van der Waals surface area contributed by atoms with Crippen molar-refractivity contribution < 1.29 is 34.2 Å². The molecule has 3 N–H and O–H groups in total. The predicted molar refractivity (Wildman–Crippen MR) is 128 cm³/mol. The third kappa shape index (κ3) is 3.39. The number of benzene rings is 3. The van der Waals surface area contributed by atoms with Crippen molar-refractivity contribution in [1.29, 1.82) is 0 Å². The molecule has 0 saturated carbocycles. The van der Waals surface area contributed by atoms with Crippen LogP contribution in [0, 0.1) is 11.8 Å². The van der Waals surface area contributed by atoms with Crippen LogP contribution < -0.4 is 10.2 Å². The van der Waals surface area contributed by atoms with Gasteiger partial charge in [-0.15, -0.1) is 0 Å². The quantitative estimate of drug-likeness (QED) is 0.357. The molecule has 2 saturated heterocycles. The van der Waals surface area contributed by atoms with Gasteiger partial charge in [-0.3, -0.25) is 29.3 Å². The molecule has 2 aliphatic rings. The van der Waals surface area contributed by atoms with Gasteiger partial charge in [0, 0.05) is 11.6 Å². The van der Waals surface area contributed by atoms with Gasteiger partial charge in [-0.2, -0.15) is 0 Å². The van der Waals surface area contributed by atoms with Crippen molar-refractivity contribution >= 4 is 46.0 Å². The minimum atomic E-state index is -2.20. The zero-order chi connectivity index (χ0) is 25.8. The Balaban J connectivity index is 1.68. The average Bonchev–Trinajstić information content (AvgIpc) is 3.32. The number of ketones is 1. The van der Waals surface area contributed by atoms with Crippen LogP contribution in [0.3, 0.4) is 0 Å². The third-order valence-corrected chi connectivity index (χ3v) is 7.16. The molecule has 3 aromatic rings. The van der Waals surface area contributed by atoms with E-state index in [1.807, 2.05) is 30.3 Å². The maximum atomic E-state index is 13.8.